The van der Waals surface area contributed by atoms with E-state index in [1.54, 1.807) is 33.9 Å². The van der Waals surface area contributed by atoms with E-state index in [1.807, 2.05) is 36.4 Å². The summed E-state index contributed by atoms with van der Waals surface area (Å²) in [6, 6.07) is 13.2. The van der Waals surface area contributed by atoms with Gasteiger partial charge >= 0.3 is 0 Å². The summed E-state index contributed by atoms with van der Waals surface area (Å²) in [5.41, 5.74) is 0.877. The number of fused-ring (bicyclic) bond motifs is 7. The lowest BCUT2D eigenvalue weighted by molar-refractivity contribution is -0.269. The molecule has 0 amide bonds. The van der Waals surface area contributed by atoms with Gasteiger partial charge in [0, 0.05) is 21.8 Å². The quantitative estimate of drug-likeness (QED) is 0.377. The first-order valence-corrected chi connectivity index (χ1v) is 16.1. The summed E-state index contributed by atoms with van der Waals surface area (Å²) in [6.45, 7) is 4.12. The van der Waals surface area contributed by atoms with E-state index in [9.17, 15) is 19.8 Å². The van der Waals surface area contributed by atoms with Gasteiger partial charge in [-0.1, -0.05) is 50.3 Å². The van der Waals surface area contributed by atoms with Crippen LogP contribution in [0.25, 0.3) is 0 Å². The number of carbonyl (C=O) groups excluding carboxylic acids is 2. The van der Waals surface area contributed by atoms with Crippen LogP contribution in [0.5, 0.6) is 5.75 Å². The molecule has 10 atom stereocenters. The van der Waals surface area contributed by atoms with Gasteiger partial charge in [0.05, 0.1) is 25.0 Å². The highest BCUT2D eigenvalue weighted by Gasteiger charge is 2.83. The monoisotopic (exact) mass is 649 g/mol. The number of rotatable bonds is 6. The van der Waals surface area contributed by atoms with Crippen molar-refractivity contribution >= 4 is 17.3 Å². The number of Topliss-reactive ketones (excluding diaryl/α,β-unsaturated/α-hetero) is 1. The second-order valence-corrected chi connectivity index (χ2v) is 14.7. The molecule has 1 aliphatic heterocycles. The molecular weight excluding hydrogens is 608 g/mol. The lowest BCUT2D eigenvalue weighted by Crippen LogP contribution is -2.74. The predicted octanol–water partition coefficient (Wildman–Crippen LogP) is 4.90. The summed E-state index contributed by atoms with van der Waals surface area (Å²) in [5.74, 6) is -1.10. The number of methoxy groups -OCH3 is 1. The molecule has 3 saturated carbocycles. The summed E-state index contributed by atoms with van der Waals surface area (Å²) in [5, 5.41) is 22.1. The molecule has 1 saturated heterocycles. The number of alkyl halides is 2. The molecule has 0 aromatic heterocycles. The number of aliphatic hydroxyl groups is 2. The van der Waals surface area contributed by atoms with E-state index in [2.05, 4.69) is 0 Å². The van der Waals surface area contributed by atoms with Crippen LogP contribution >= 0.6 is 0 Å². The SMILES string of the molecule is COc1cc(Cc2ccc([C@@H]3O[C@@H]4C[C@H]5[C@]6(C)C[C@H](F)C7=CC(=O)C=C[C@]7(C)[C@@]6(F)[C@@H](O)C[C@]5(C)[C@]4(C(=O)CO)O3)cc2)ccc1N. The van der Waals surface area contributed by atoms with Gasteiger partial charge in [0.1, 0.15) is 18.5 Å². The van der Waals surface area contributed by atoms with Crippen LogP contribution in [0.4, 0.5) is 14.5 Å². The van der Waals surface area contributed by atoms with Crippen molar-refractivity contribution in [1.29, 1.82) is 0 Å². The highest BCUT2D eigenvalue weighted by molar-refractivity contribution is 6.01. The minimum atomic E-state index is -2.36. The Morgan fingerprint density at radius 3 is 2.47 bits per heavy atom. The molecule has 4 aliphatic carbocycles. The standard InChI is InChI=1S/C37H41F2NO7/c1-33-12-11-23(42)15-24(33)25(38)17-35(3)28-16-31-36(30(44)19-41,34(28,2)18-29(43)37(33,35)39)47-32(46-31)22-8-5-20(6-9-22)13-21-7-10-26(40)27(14-21)45-4/h5-12,14-15,25,28-29,31-32,41,43H,13,16-19,40H2,1-4H3/t25-,28+,29-,31+,32+,33-,34-,35-,36+,37-/m0/s1. The number of benzene rings is 2. The Balaban J connectivity index is 1.21. The van der Waals surface area contributed by atoms with E-state index in [-0.39, 0.29) is 24.8 Å². The van der Waals surface area contributed by atoms with Crippen LogP contribution in [-0.2, 0) is 25.5 Å². The number of hydrogen-bond acceptors (Lipinski definition) is 8. The highest BCUT2D eigenvalue weighted by atomic mass is 19.1. The molecule has 2 aromatic rings. The zero-order chi connectivity index (χ0) is 33.7. The maximum atomic E-state index is 18.0. The van der Waals surface area contributed by atoms with Crippen molar-refractivity contribution in [2.45, 2.75) is 82.4 Å². The molecule has 0 spiro atoms. The minimum Gasteiger partial charge on any atom is -0.495 e. The largest absolute Gasteiger partial charge is 0.495 e. The molecule has 4 N–H and O–H groups in total. The van der Waals surface area contributed by atoms with Gasteiger partial charge in [-0.2, -0.15) is 0 Å². The lowest BCUT2D eigenvalue weighted by atomic mass is 9.38. The molecule has 0 bridgehead atoms. The molecule has 8 nitrogen and oxygen atoms in total. The summed E-state index contributed by atoms with van der Waals surface area (Å²) < 4.78 is 52.4. The third-order valence-corrected chi connectivity index (χ3v) is 12.5. The number of ketones is 2. The first-order valence-electron chi connectivity index (χ1n) is 16.1. The van der Waals surface area contributed by atoms with Crippen LogP contribution in [-0.4, -0.2) is 65.1 Å². The summed E-state index contributed by atoms with van der Waals surface area (Å²) in [7, 11) is 1.57. The van der Waals surface area contributed by atoms with Crippen molar-refractivity contribution in [3.05, 3.63) is 83.0 Å². The zero-order valence-corrected chi connectivity index (χ0v) is 27.0. The van der Waals surface area contributed by atoms with Crippen LogP contribution in [0.3, 0.4) is 0 Å². The van der Waals surface area contributed by atoms with Crippen LogP contribution in [0.2, 0.25) is 0 Å². The van der Waals surface area contributed by atoms with Crippen molar-refractivity contribution < 1.29 is 42.8 Å². The Hall–Kier alpha value is -3.44. The molecule has 0 unspecified atom stereocenters. The van der Waals surface area contributed by atoms with Crippen LogP contribution in [0, 0.1) is 22.2 Å². The Bertz CT molecular complexity index is 1710. The smallest absolute Gasteiger partial charge is 0.193 e. The second kappa shape index (κ2) is 10.5. The number of allylic oxidation sites excluding steroid dienone is 4. The van der Waals surface area contributed by atoms with Crippen molar-refractivity contribution in [3.63, 3.8) is 0 Å². The van der Waals surface area contributed by atoms with Gasteiger partial charge in [-0.25, -0.2) is 8.78 Å². The number of aliphatic hydroxyl groups excluding tert-OH is 2. The van der Waals surface area contributed by atoms with Crippen LogP contribution < -0.4 is 10.5 Å². The molecule has 5 aliphatic rings. The normalized spacial score (nSPS) is 41.8. The van der Waals surface area contributed by atoms with Crippen molar-refractivity contribution in [3.8, 4) is 5.75 Å². The molecular formula is C37H41F2NO7. The maximum Gasteiger partial charge on any atom is 0.193 e. The summed E-state index contributed by atoms with van der Waals surface area (Å²) in [4.78, 5) is 26.1. The van der Waals surface area contributed by atoms with Gasteiger partial charge in [-0.05, 0) is 79.5 Å². The van der Waals surface area contributed by atoms with Crippen LogP contribution in [0.1, 0.15) is 63.0 Å². The average Bonchev–Trinajstić information content (AvgIpc) is 3.55. The fourth-order valence-corrected chi connectivity index (χ4v) is 10.3. The number of nitrogen functional groups attached to an aromatic ring is 1. The second-order valence-electron chi connectivity index (χ2n) is 14.7. The Labute approximate surface area is 272 Å². The first-order chi connectivity index (χ1) is 22.2. The third-order valence-electron chi connectivity index (χ3n) is 12.5. The van der Waals surface area contributed by atoms with Gasteiger partial charge in [0.15, 0.2) is 29.1 Å². The van der Waals surface area contributed by atoms with E-state index in [1.165, 1.54) is 12.2 Å². The van der Waals surface area contributed by atoms with Gasteiger partial charge in [0.2, 0.25) is 0 Å². The van der Waals surface area contributed by atoms with E-state index in [4.69, 9.17) is 19.9 Å². The topological polar surface area (TPSA) is 128 Å². The third kappa shape index (κ3) is 4.05. The molecule has 47 heavy (non-hydrogen) atoms. The van der Waals surface area contributed by atoms with E-state index in [0.29, 0.717) is 23.4 Å². The van der Waals surface area contributed by atoms with Crippen molar-refractivity contribution in [1.82, 2.24) is 0 Å². The van der Waals surface area contributed by atoms with Gasteiger partial charge in [-0.3, -0.25) is 9.59 Å². The van der Waals surface area contributed by atoms with E-state index in [0.717, 1.165) is 17.2 Å². The summed E-state index contributed by atoms with van der Waals surface area (Å²) in [6.07, 6.45) is -1.02. The molecule has 0 radical (unpaired) electrons. The lowest BCUT2D eigenvalue weighted by Gasteiger charge is -2.68. The first kappa shape index (κ1) is 32.1. The Morgan fingerprint density at radius 1 is 1.09 bits per heavy atom. The number of carbonyl (C=O) groups is 2. The number of anilines is 1. The van der Waals surface area contributed by atoms with Crippen molar-refractivity contribution in [2.75, 3.05) is 19.5 Å². The summed E-state index contributed by atoms with van der Waals surface area (Å²) >= 11 is 0. The van der Waals surface area contributed by atoms with Gasteiger partial charge in [0.25, 0.3) is 0 Å². The van der Waals surface area contributed by atoms with Crippen LogP contribution in [0.15, 0.2) is 66.3 Å². The number of ether oxygens (including phenoxy) is 3. The molecule has 2 aromatic carbocycles. The van der Waals surface area contributed by atoms with Gasteiger partial charge in [-0.15, -0.1) is 0 Å². The Kier molecular flexibility index (Phi) is 7.20. The number of hydrogen-bond donors (Lipinski definition) is 3. The van der Waals surface area contributed by atoms with E-state index >= 15 is 8.78 Å². The average molecular weight is 650 g/mol. The Morgan fingerprint density at radius 2 is 1.79 bits per heavy atom. The number of nitrogens with two attached hydrogens (primary N) is 1. The zero-order valence-electron chi connectivity index (χ0n) is 27.0. The molecule has 1 heterocycles. The molecule has 4 fully saturated rings. The van der Waals surface area contributed by atoms with E-state index < -0.39 is 76.3 Å². The van der Waals surface area contributed by atoms with Crippen molar-refractivity contribution in [2.24, 2.45) is 22.2 Å². The molecule has 10 heteroatoms. The molecule has 7 rings (SSSR count). The number of halogens is 2. The fourth-order valence-electron chi connectivity index (χ4n) is 10.3. The molecule has 250 valence electrons. The highest BCUT2D eigenvalue weighted by Crippen LogP contribution is 2.76. The minimum absolute atomic E-state index is 0.0264. The fraction of sp³-hybridized carbons (Fsp3) is 0.514. The van der Waals surface area contributed by atoms with Gasteiger partial charge < -0.3 is 30.2 Å². The predicted molar refractivity (Wildman–Crippen MR) is 169 cm³/mol. The maximum absolute atomic E-state index is 18.0.